The van der Waals surface area contributed by atoms with Crippen molar-refractivity contribution < 1.29 is 4.79 Å². The Morgan fingerprint density at radius 1 is 1.45 bits per heavy atom. The maximum absolute atomic E-state index is 10.0. The average molecular weight is 212 g/mol. The summed E-state index contributed by atoms with van der Waals surface area (Å²) in [5.74, 6) is 0. The molecule has 0 aliphatic rings. The molecule has 0 aromatic rings. The number of hydrogen-bond donors (Lipinski definition) is 0. The standard InChI is InChI=1S/C6H11NO.2CH3.Ga/c1-2-4-7-5-3-6-8;;;/h3,5-6H,2,4H2,1H3,(H,7,8);2*1H3;/q;;;+1/p-1. The van der Waals surface area contributed by atoms with Crippen molar-refractivity contribution in [2.75, 3.05) is 6.54 Å². The van der Waals surface area contributed by atoms with Crippen LogP contribution in [0.1, 0.15) is 13.3 Å². The van der Waals surface area contributed by atoms with Gasteiger partial charge in [0.2, 0.25) is 0 Å². The Balaban J connectivity index is 3.87. The first-order chi connectivity index (χ1) is 5.22. The first-order valence-electron chi connectivity index (χ1n) is 4.10. The van der Waals surface area contributed by atoms with Crippen LogP contribution in [-0.2, 0) is 4.79 Å². The molecule has 0 N–H and O–H groups in total. The zero-order chi connectivity index (χ0) is 8.69. The zero-order valence-electron chi connectivity index (χ0n) is 7.58. The molecule has 0 unspecified atom stereocenters. The van der Waals surface area contributed by atoms with E-state index in [1.807, 2.05) is 6.20 Å². The van der Waals surface area contributed by atoms with Crippen LogP contribution in [0.25, 0.3) is 0 Å². The molecule has 0 heterocycles. The Labute approximate surface area is 74.6 Å². The first-order valence-corrected chi connectivity index (χ1v) is 10.0. The van der Waals surface area contributed by atoms with E-state index in [4.69, 9.17) is 0 Å². The van der Waals surface area contributed by atoms with Gasteiger partial charge in [-0.2, -0.15) is 0 Å². The number of nitrogens with zero attached hydrogens (tertiary/aromatic N) is 1. The van der Waals surface area contributed by atoms with E-state index < -0.39 is 16.5 Å². The molecule has 0 aliphatic carbocycles. The normalized spacial score (nSPS) is 10.1. The molecule has 0 rings (SSSR count). The summed E-state index contributed by atoms with van der Waals surface area (Å²) in [6.45, 7) is 3.26. The SMILES string of the molecule is CCC[N](/C=C\C=O)[Ga]([CH3])[CH3]. The minimum absolute atomic E-state index is 0.841. The zero-order valence-corrected chi connectivity index (χ0v) is 10.0. The van der Waals surface area contributed by atoms with Crippen molar-refractivity contribution in [1.29, 1.82) is 0 Å². The van der Waals surface area contributed by atoms with Gasteiger partial charge in [0.1, 0.15) is 0 Å². The Morgan fingerprint density at radius 2 is 2.09 bits per heavy atom. The van der Waals surface area contributed by atoms with Gasteiger partial charge in [0.15, 0.2) is 0 Å². The van der Waals surface area contributed by atoms with Gasteiger partial charge in [-0.15, -0.1) is 0 Å². The molecule has 0 aromatic carbocycles. The van der Waals surface area contributed by atoms with E-state index in [0.29, 0.717) is 0 Å². The maximum atomic E-state index is 10.0. The van der Waals surface area contributed by atoms with E-state index in [9.17, 15) is 4.79 Å². The summed E-state index contributed by atoms with van der Waals surface area (Å²) in [6, 6.07) is 0. The van der Waals surface area contributed by atoms with Crippen molar-refractivity contribution >= 4 is 22.7 Å². The predicted molar refractivity (Wildman–Crippen MR) is 49.7 cm³/mol. The van der Waals surface area contributed by atoms with Crippen molar-refractivity contribution in [3.63, 3.8) is 0 Å². The number of rotatable bonds is 5. The monoisotopic (exact) mass is 211 g/mol. The molecule has 0 spiro atoms. The van der Waals surface area contributed by atoms with Gasteiger partial charge in [-0.05, 0) is 0 Å². The van der Waals surface area contributed by atoms with E-state index >= 15 is 0 Å². The van der Waals surface area contributed by atoms with Gasteiger partial charge in [-0.1, -0.05) is 0 Å². The molecule has 0 radical (unpaired) electrons. The van der Waals surface area contributed by atoms with E-state index in [1.165, 1.54) is 0 Å². The fourth-order valence-corrected chi connectivity index (χ4v) is 3.46. The Hall–Kier alpha value is -0.154. The Morgan fingerprint density at radius 3 is 2.45 bits per heavy atom. The summed E-state index contributed by atoms with van der Waals surface area (Å²) in [4.78, 5) is 10.0. The van der Waals surface area contributed by atoms with Gasteiger partial charge < -0.3 is 0 Å². The van der Waals surface area contributed by atoms with E-state index in [-0.39, 0.29) is 0 Å². The van der Waals surface area contributed by atoms with E-state index in [1.54, 1.807) is 6.08 Å². The van der Waals surface area contributed by atoms with E-state index in [2.05, 4.69) is 21.5 Å². The molecule has 0 atom stereocenters. The van der Waals surface area contributed by atoms with Gasteiger partial charge in [-0.25, -0.2) is 0 Å². The predicted octanol–water partition coefficient (Wildman–Crippen LogP) is 1.66. The topological polar surface area (TPSA) is 20.3 Å². The third kappa shape index (κ3) is 5.15. The number of allylic oxidation sites excluding steroid dienone is 1. The fourth-order valence-electron chi connectivity index (χ4n) is 0.909. The minimum atomic E-state index is -1.18. The van der Waals surface area contributed by atoms with Crippen molar-refractivity contribution in [1.82, 2.24) is 3.61 Å². The van der Waals surface area contributed by atoms with Crippen molar-refractivity contribution in [2.24, 2.45) is 0 Å². The van der Waals surface area contributed by atoms with Crippen LogP contribution in [0.3, 0.4) is 0 Å². The molecule has 0 saturated heterocycles. The van der Waals surface area contributed by atoms with Gasteiger partial charge in [0, 0.05) is 0 Å². The molecule has 0 aliphatic heterocycles. The summed E-state index contributed by atoms with van der Waals surface area (Å²) >= 11 is -1.18. The van der Waals surface area contributed by atoms with Crippen LogP contribution >= 0.6 is 0 Å². The van der Waals surface area contributed by atoms with Crippen LogP contribution in [0.15, 0.2) is 12.3 Å². The number of carbonyl (C=O) groups is 1. The van der Waals surface area contributed by atoms with Gasteiger partial charge in [0.05, 0.1) is 0 Å². The van der Waals surface area contributed by atoms with Crippen LogP contribution in [0.4, 0.5) is 0 Å². The molecule has 0 amide bonds. The van der Waals surface area contributed by atoms with Crippen molar-refractivity contribution in [2.45, 2.75) is 24.3 Å². The molecule has 11 heavy (non-hydrogen) atoms. The van der Waals surface area contributed by atoms with Crippen LogP contribution in [0.2, 0.25) is 11.0 Å². The summed E-state index contributed by atoms with van der Waals surface area (Å²) in [5.41, 5.74) is 4.61. The molecule has 0 saturated carbocycles. The summed E-state index contributed by atoms with van der Waals surface area (Å²) in [6.07, 6.45) is 5.52. The molecule has 0 bridgehead atoms. The number of carbonyl (C=O) groups excluding carboxylic acids is 1. The van der Waals surface area contributed by atoms with Crippen LogP contribution in [0.5, 0.6) is 0 Å². The average Bonchev–Trinajstić information content (AvgIpc) is 1.97. The van der Waals surface area contributed by atoms with Gasteiger partial charge >= 0.3 is 74.3 Å². The summed E-state index contributed by atoms with van der Waals surface area (Å²) in [5, 5.41) is 0. The van der Waals surface area contributed by atoms with Gasteiger partial charge in [0.25, 0.3) is 0 Å². The quantitative estimate of drug-likeness (QED) is 0.392. The second kappa shape index (κ2) is 6.55. The Kier molecular flexibility index (Phi) is 6.46. The molecular formula is C8H16GaNO. The molecular weight excluding hydrogens is 196 g/mol. The molecule has 0 fully saturated rings. The van der Waals surface area contributed by atoms with Crippen LogP contribution in [0, 0.1) is 0 Å². The van der Waals surface area contributed by atoms with Crippen LogP contribution < -0.4 is 0 Å². The second-order valence-electron chi connectivity index (χ2n) is 2.81. The third-order valence-electron chi connectivity index (χ3n) is 1.50. The number of aldehydes is 1. The molecule has 62 valence electrons. The molecule has 0 aromatic heterocycles. The number of hydrogen-bond acceptors (Lipinski definition) is 2. The second-order valence-corrected chi connectivity index (χ2v) is 8.79. The fraction of sp³-hybridized carbons (Fsp3) is 0.625. The Bertz CT molecular complexity index is 134. The van der Waals surface area contributed by atoms with Crippen LogP contribution in [-0.4, -0.2) is 32.9 Å². The molecule has 2 nitrogen and oxygen atoms in total. The molecule has 3 heteroatoms. The first kappa shape index (κ1) is 10.8. The van der Waals surface area contributed by atoms with Crippen molar-refractivity contribution in [3.8, 4) is 0 Å². The van der Waals surface area contributed by atoms with Crippen molar-refractivity contribution in [3.05, 3.63) is 12.3 Å². The summed E-state index contributed by atoms with van der Waals surface area (Å²) in [7, 11) is 0. The van der Waals surface area contributed by atoms with E-state index in [0.717, 1.165) is 19.3 Å². The van der Waals surface area contributed by atoms with Gasteiger partial charge in [-0.3, -0.25) is 0 Å². The summed E-state index contributed by atoms with van der Waals surface area (Å²) < 4.78 is 2.33. The third-order valence-corrected chi connectivity index (χ3v) is 5.19.